The minimum Gasteiger partial charge on any atom is -0.478 e. The highest BCUT2D eigenvalue weighted by Gasteiger charge is 2.11. The fourth-order valence-electron chi connectivity index (χ4n) is 2.84. The van der Waals surface area contributed by atoms with E-state index in [9.17, 15) is 19.1 Å². The lowest BCUT2D eigenvalue weighted by Crippen LogP contribution is -2.18. The number of nitrogens with one attached hydrogen (secondary N) is 1. The van der Waals surface area contributed by atoms with Gasteiger partial charge in [-0.25, -0.2) is 14.2 Å². The molecule has 0 aliphatic rings. The molecule has 0 radical (unpaired) electrons. The first-order valence-electron chi connectivity index (χ1n) is 8.79. The van der Waals surface area contributed by atoms with Crippen molar-refractivity contribution < 1.29 is 24.2 Å². The zero-order valence-corrected chi connectivity index (χ0v) is 15.4. The molecule has 0 bridgehead atoms. The molecule has 150 valence electrons. The molecular formula is C20H19FN4O4. The van der Waals surface area contributed by atoms with Crippen molar-refractivity contribution in [2.24, 2.45) is 0 Å². The first-order chi connectivity index (χ1) is 14.0. The molecule has 0 amide bonds. The van der Waals surface area contributed by atoms with Gasteiger partial charge in [0.15, 0.2) is 6.29 Å². The largest absolute Gasteiger partial charge is 0.478 e. The van der Waals surface area contributed by atoms with Crippen LogP contribution in [-0.2, 0) is 26.2 Å². The molecule has 0 atom stereocenters. The second-order valence-corrected chi connectivity index (χ2v) is 6.36. The van der Waals surface area contributed by atoms with Crippen LogP contribution < -0.4 is 5.32 Å². The molecular weight excluding hydrogens is 379 g/mol. The second-order valence-electron chi connectivity index (χ2n) is 6.36. The molecule has 3 aromatic rings. The standard InChI is InChI=1S/C20H19FN4O4/c21-15-3-1-13(2-4-15)9-25-10-18(12-27)24-19(25)8-22-7-16-5-14(20(28)29)6-17(11-26)23-16/h1-6,10,12,22,26H,7-9,11H2,(H,28,29). The Balaban J connectivity index is 1.71. The van der Waals surface area contributed by atoms with Crippen LogP contribution in [0, 0.1) is 5.82 Å². The molecule has 2 heterocycles. The molecule has 8 nitrogen and oxygen atoms in total. The summed E-state index contributed by atoms with van der Waals surface area (Å²) in [6.45, 7) is 0.592. The highest BCUT2D eigenvalue weighted by molar-refractivity contribution is 5.87. The summed E-state index contributed by atoms with van der Waals surface area (Å²) in [5.41, 5.74) is 1.90. The van der Waals surface area contributed by atoms with Crippen LogP contribution in [0.2, 0.25) is 0 Å². The number of aromatic nitrogens is 3. The smallest absolute Gasteiger partial charge is 0.335 e. The highest BCUT2D eigenvalue weighted by Crippen LogP contribution is 2.10. The van der Waals surface area contributed by atoms with E-state index in [0.29, 0.717) is 30.9 Å². The Hall–Kier alpha value is -3.43. The van der Waals surface area contributed by atoms with E-state index in [2.05, 4.69) is 15.3 Å². The van der Waals surface area contributed by atoms with Crippen molar-refractivity contribution >= 4 is 12.3 Å². The highest BCUT2D eigenvalue weighted by atomic mass is 19.1. The number of aliphatic hydroxyl groups excluding tert-OH is 1. The third-order valence-corrected chi connectivity index (χ3v) is 4.19. The lowest BCUT2D eigenvalue weighted by molar-refractivity contribution is 0.0696. The topological polar surface area (TPSA) is 117 Å². The zero-order chi connectivity index (χ0) is 20.8. The van der Waals surface area contributed by atoms with Crippen LogP contribution in [0.15, 0.2) is 42.6 Å². The maximum absolute atomic E-state index is 13.1. The monoisotopic (exact) mass is 398 g/mol. The number of halogens is 1. The molecule has 2 aromatic heterocycles. The average molecular weight is 398 g/mol. The molecule has 29 heavy (non-hydrogen) atoms. The third kappa shape index (κ3) is 5.31. The SMILES string of the molecule is O=Cc1cn(Cc2ccc(F)cc2)c(CNCc2cc(C(=O)O)cc(CO)n2)n1. The van der Waals surface area contributed by atoms with E-state index < -0.39 is 5.97 Å². The Morgan fingerprint density at radius 2 is 1.86 bits per heavy atom. The van der Waals surface area contributed by atoms with E-state index in [0.717, 1.165) is 5.56 Å². The van der Waals surface area contributed by atoms with Gasteiger partial charge >= 0.3 is 5.97 Å². The van der Waals surface area contributed by atoms with Crippen LogP contribution in [-0.4, -0.2) is 37.0 Å². The van der Waals surface area contributed by atoms with Crippen LogP contribution in [0.25, 0.3) is 0 Å². The number of carbonyl (C=O) groups is 2. The molecule has 9 heteroatoms. The molecule has 0 aliphatic carbocycles. The normalized spacial score (nSPS) is 10.8. The number of aliphatic hydroxyl groups is 1. The van der Waals surface area contributed by atoms with Crippen molar-refractivity contribution in [3.05, 3.63) is 82.4 Å². The Kier molecular flexibility index (Phi) is 6.43. The number of rotatable bonds is 9. The van der Waals surface area contributed by atoms with Crippen molar-refractivity contribution in [2.45, 2.75) is 26.2 Å². The summed E-state index contributed by atoms with van der Waals surface area (Å²) in [4.78, 5) is 30.7. The number of benzene rings is 1. The number of nitrogens with zero attached hydrogens (tertiary/aromatic N) is 3. The number of hydrogen-bond acceptors (Lipinski definition) is 6. The van der Waals surface area contributed by atoms with Crippen LogP contribution in [0.1, 0.15) is 43.6 Å². The average Bonchev–Trinajstić information content (AvgIpc) is 3.11. The summed E-state index contributed by atoms with van der Waals surface area (Å²) < 4.78 is 14.9. The summed E-state index contributed by atoms with van der Waals surface area (Å²) in [7, 11) is 0. The van der Waals surface area contributed by atoms with Gasteiger partial charge in [-0.2, -0.15) is 0 Å². The van der Waals surface area contributed by atoms with E-state index in [1.807, 2.05) is 0 Å². The summed E-state index contributed by atoms with van der Waals surface area (Å²) in [5, 5.41) is 21.5. The number of carbonyl (C=O) groups excluding carboxylic acids is 1. The van der Waals surface area contributed by atoms with Crippen LogP contribution in [0.3, 0.4) is 0 Å². The molecule has 0 aliphatic heterocycles. The van der Waals surface area contributed by atoms with Gasteiger partial charge in [-0.05, 0) is 29.8 Å². The predicted octanol–water partition coefficient (Wildman–Crippen LogP) is 1.76. The fraction of sp³-hybridized carbons (Fsp3) is 0.200. The van der Waals surface area contributed by atoms with Gasteiger partial charge < -0.3 is 20.1 Å². The molecule has 0 saturated carbocycles. The minimum atomic E-state index is -1.10. The van der Waals surface area contributed by atoms with Crippen molar-refractivity contribution in [2.75, 3.05) is 0 Å². The van der Waals surface area contributed by atoms with E-state index >= 15 is 0 Å². The Morgan fingerprint density at radius 3 is 2.52 bits per heavy atom. The van der Waals surface area contributed by atoms with Gasteiger partial charge in [0.1, 0.15) is 17.3 Å². The maximum Gasteiger partial charge on any atom is 0.335 e. The minimum absolute atomic E-state index is 0.0434. The summed E-state index contributed by atoms with van der Waals surface area (Å²) in [6, 6.07) is 8.79. The molecule has 0 saturated heterocycles. The number of carboxylic acids is 1. The maximum atomic E-state index is 13.1. The third-order valence-electron chi connectivity index (χ3n) is 4.19. The number of aromatic carboxylic acids is 1. The van der Waals surface area contributed by atoms with E-state index in [1.165, 1.54) is 24.3 Å². The van der Waals surface area contributed by atoms with Gasteiger partial charge in [-0.3, -0.25) is 9.78 Å². The van der Waals surface area contributed by atoms with E-state index in [-0.39, 0.29) is 35.9 Å². The van der Waals surface area contributed by atoms with Gasteiger partial charge in [-0.15, -0.1) is 0 Å². The van der Waals surface area contributed by atoms with Crippen LogP contribution >= 0.6 is 0 Å². The van der Waals surface area contributed by atoms with Crippen LogP contribution in [0.4, 0.5) is 4.39 Å². The van der Waals surface area contributed by atoms with E-state index in [1.54, 1.807) is 22.9 Å². The summed E-state index contributed by atoms with van der Waals surface area (Å²) in [6.07, 6.45) is 2.26. The molecule has 3 N–H and O–H groups in total. The van der Waals surface area contributed by atoms with Crippen molar-refractivity contribution in [3.8, 4) is 0 Å². The Labute approximate surface area is 165 Å². The number of carboxylic acid groups (broad SMARTS) is 1. The van der Waals surface area contributed by atoms with E-state index in [4.69, 9.17) is 5.11 Å². The van der Waals surface area contributed by atoms with Crippen molar-refractivity contribution in [1.29, 1.82) is 0 Å². The first kappa shape index (κ1) is 20.3. The fourth-order valence-corrected chi connectivity index (χ4v) is 2.84. The summed E-state index contributed by atoms with van der Waals surface area (Å²) >= 11 is 0. The number of hydrogen-bond donors (Lipinski definition) is 3. The zero-order valence-electron chi connectivity index (χ0n) is 15.4. The first-order valence-corrected chi connectivity index (χ1v) is 8.79. The van der Waals surface area contributed by atoms with Crippen molar-refractivity contribution in [1.82, 2.24) is 19.9 Å². The number of aldehydes is 1. The molecule has 0 unspecified atom stereocenters. The lowest BCUT2D eigenvalue weighted by Gasteiger charge is -2.10. The van der Waals surface area contributed by atoms with Gasteiger partial charge in [-0.1, -0.05) is 12.1 Å². The Bertz CT molecular complexity index is 1020. The van der Waals surface area contributed by atoms with Gasteiger partial charge in [0.2, 0.25) is 0 Å². The van der Waals surface area contributed by atoms with Crippen molar-refractivity contribution in [3.63, 3.8) is 0 Å². The predicted molar refractivity (Wildman–Crippen MR) is 101 cm³/mol. The van der Waals surface area contributed by atoms with Gasteiger partial charge in [0, 0.05) is 19.3 Å². The van der Waals surface area contributed by atoms with Crippen LogP contribution in [0.5, 0.6) is 0 Å². The number of imidazole rings is 1. The Morgan fingerprint density at radius 1 is 1.14 bits per heavy atom. The quantitative estimate of drug-likeness (QED) is 0.470. The molecule has 0 spiro atoms. The second kappa shape index (κ2) is 9.18. The molecule has 0 fully saturated rings. The molecule has 3 rings (SSSR count). The number of pyridine rings is 1. The summed E-state index contributed by atoms with van der Waals surface area (Å²) in [5.74, 6) is -0.838. The molecule has 1 aromatic carbocycles. The van der Waals surface area contributed by atoms with Gasteiger partial charge in [0.05, 0.1) is 30.1 Å². The van der Waals surface area contributed by atoms with Gasteiger partial charge in [0.25, 0.3) is 0 Å². The lowest BCUT2D eigenvalue weighted by atomic mass is 10.2.